The van der Waals surface area contributed by atoms with Crippen molar-refractivity contribution >= 4 is 40.6 Å². The average Bonchev–Trinajstić information content (AvgIpc) is 3.10. The van der Waals surface area contributed by atoms with E-state index >= 15 is 0 Å². The van der Waals surface area contributed by atoms with Crippen LogP contribution in [0.1, 0.15) is 106 Å². The van der Waals surface area contributed by atoms with Gasteiger partial charge in [-0.15, -0.1) is 0 Å². The van der Waals surface area contributed by atoms with Gasteiger partial charge in [-0.05, 0) is 62.6 Å². The van der Waals surface area contributed by atoms with Crippen molar-refractivity contribution in [3.8, 4) is 0 Å². The van der Waals surface area contributed by atoms with Crippen LogP contribution >= 0.6 is 0 Å². The summed E-state index contributed by atoms with van der Waals surface area (Å²) in [6.07, 6.45) is 14.2. The van der Waals surface area contributed by atoms with Gasteiger partial charge in [-0.1, -0.05) is 76.8 Å². The number of anilines is 2. The molecule has 49 heavy (non-hydrogen) atoms. The molecule has 2 aromatic carbocycles. The highest BCUT2D eigenvalue weighted by Gasteiger charge is 2.31. The highest BCUT2D eigenvalue weighted by Crippen LogP contribution is 2.32. The first-order chi connectivity index (χ1) is 23.8. The van der Waals surface area contributed by atoms with Crippen molar-refractivity contribution < 1.29 is 29.0 Å². The first kappa shape index (κ1) is 39.4. The molecule has 2 aromatic rings. The summed E-state index contributed by atoms with van der Waals surface area (Å²) in [5.41, 5.74) is 3.82. The van der Waals surface area contributed by atoms with E-state index in [4.69, 9.17) is 14.5 Å². The van der Waals surface area contributed by atoms with E-state index in [9.17, 15) is 19.5 Å². The molecule has 0 saturated heterocycles. The van der Waals surface area contributed by atoms with Gasteiger partial charge in [0, 0.05) is 49.7 Å². The Hall–Kier alpha value is -4.02. The molecule has 0 fully saturated rings. The van der Waals surface area contributed by atoms with Crippen LogP contribution in [0.25, 0.3) is 0 Å². The van der Waals surface area contributed by atoms with E-state index in [1.165, 1.54) is 71.0 Å². The lowest BCUT2D eigenvalue weighted by atomic mass is 9.87. The average molecular weight is 677 g/mol. The number of ether oxygens (including phenoxy) is 2. The first-order valence-electron chi connectivity index (χ1n) is 18.0. The Morgan fingerprint density at radius 3 is 2.27 bits per heavy atom. The summed E-state index contributed by atoms with van der Waals surface area (Å²) in [6, 6.07) is 10.7. The number of unbranched alkanes of at least 4 members (excludes halogenated alkanes) is 9. The highest BCUT2D eigenvalue weighted by molar-refractivity contribution is 6.37. The van der Waals surface area contributed by atoms with E-state index in [0.29, 0.717) is 55.4 Å². The molecule has 0 spiro atoms. The largest absolute Gasteiger partial charge is 0.453 e. The number of aliphatic imine (C=N–C) groups is 1. The molecule has 0 bridgehead atoms. The van der Waals surface area contributed by atoms with Crippen molar-refractivity contribution in [2.45, 2.75) is 91.4 Å². The maximum absolute atomic E-state index is 13.6. The number of carbonyl (C=O) groups is 3. The standard InChI is InChI=1S/C39H56N4O6/c1-5-7-8-9-10-11-12-13-14-15-25-49-26-17-22-40-38(46)32-28-35(36-31(37(32)45)18-16-19-34(36)42-39(47)48-4)41-33-21-20-30(27-29(33)3)43(6-2)23-24-44/h16,18-21,27-28,44H,5-15,17,22-26H2,1-4H3,(H,40,46)(H,42,47)/b41-35+. The lowest BCUT2D eigenvalue weighted by Crippen LogP contribution is -2.33. The number of amides is 2. The topological polar surface area (TPSA) is 130 Å². The number of likely N-dealkylation sites (N-methyl/N-ethyl adjacent to an activating group) is 1. The van der Waals surface area contributed by atoms with Crippen LogP contribution < -0.4 is 15.5 Å². The molecule has 0 saturated carbocycles. The van der Waals surface area contributed by atoms with Crippen LogP contribution in [0.3, 0.4) is 0 Å². The fourth-order valence-electron chi connectivity index (χ4n) is 5.91. The fourth-order valence-corrected chi connectivity index (χ4v) is 5.91. The van der Waals surface area contributed by atoms with Crippen LogP contribution in [0, 0.1) is 6.92 Å². The second-order valence-electron chi connectivity index (χ2n) is 12.4. The second-order valence-corrected chi connectivity index (χ2v) is 12.4. The lowest BCUT2D eigenvalue weighted by Gasteiger charge is -2.23. The summed E-state index contributed by atoms with van der Waals surface area (Å²) in [5, 5.41) is 15.0. The number of nitrogens with one attached hydrogen (secondary N) is 2. The number of hydrogen-bond donors (Lipinski definition) is 3. The smallest absolute Gasteiger partial charge is 0.411 e. The van der Waals surface area contributed by atoms with Crippen molar-refractivity contribution in [1.29, 1.82) is 0 Å². The number of fused-ring (bicyclic) bond motifs is 1. The number of Topliss-reactive ketones (excluding diaryl/α,β-unsaturated/α-hetero) is 1. The Labute approximate surface area is 292 Å². The number of aliphatic hydroxyl groups excluding tert-OH is 1. The Balaban J connectivity index is 1.64. The molecule has 3 rings (SSSR count). The van der Waals surface area contributed by atoms with Crippen LogP contribution in [0.2, 0.25) is 0 Å². The van der Waals surface area contributed by atoms with E-state index in [0.717, 1.165) is 24.2 Å². The van der Waals surface area contributed by atoms with Gasteiger partial charge in [0.2, 0.25) is 0 Å². The van der Waals surface area contributed by atoms with Crippen molar-refractivity contribution in [3.63, 3.8) is 0 Å². The molecular weight excluding hydrogens is 620 g/mol. The number of benzene rings is 2. The summed E-state index contributed by atoms with van der Waals surface area (Å²) in [7, 11) is 1.26. The predicted octanol–water partition coefficient (Wildman–Crippen LogP) is 7.68. The molecule has 0 aromatic heterocycles. The molecule has 1 aliphatic rings. The third-order valence-corrected chi connectivity index (χ3v) is 8.69. The zero-order valence-corrected chi connectivity index (χ0v) is 29.9. The van der Waals surface area contributed by atoms with Gasteiger partial charge in [-0.3, -0.25) is 14.9 Å². The van der Waals surface area contributed by atoms with E-state index in [-0.39, 0.29) is 17.7 Å². The number of aliphatic hydroxyl groups is 1. The minimum absolute atomic E-state index is 0.0258. The zero-order chi connectivity index (χ0) is 35.4. The molecule has 2 amide bonds. The Morgan fingerprint density at radius 2 is 1.61 bits per heavy atom. The van der Waals surface area contributed by atoms with Gasteiger partial charge in [0.15, 0.2) is 5.78 Å². The Morgan fingerprint density at radius 1 is 0.918 bits per heavy atom. The van der Waals surface area contributed by atoms with Crippen molar-refractivity contribution in [2.75, 3.05) is 56.8 Å². The number of allylic oxidation sites excluding steroid dienone is 1. The van der Waals surface area contributed by atoms with Gasteiger partial charge in [0.25, 0.3) is 5.91 Å². The van der Waals surface area contributed by atoms with Gasteiger partial charge in [0.1, 0.15) is 0 Å². The fraction of sp³-hybridized carbons (Fsp3) is 0.538. The summed E-state index contributed by atoms with van der Waals surface area (Å²) >= 11 is 0. The molecule has 0 unspecified atom stereocenters. The maximum atomic E-state index is 13.6. The summed E-state index contributed by atoms with van der Waals surface area (Å²) in [6.45, 7) is 9.10. The third kappa shape index (κ3) is 12.4. The zero-order valence-electron chi connectivity index (χ0n) is 29.9. The monoisotopic (exact) mass is 676 g/mol. The van der Waals surface area contributed by atoms with Gasteiger partial charge in [-0.2, -0.15) is 0 Å². The summed E-state index contributed by atoms with van der Waals surface area (Å²) in [5.74, 6) is -0.939. The number of methoxy groups -OCH3 is 1. The molecule has 0 aliphatic heterocycles. The minimum atomic E-state index is -0.688. The maximum Gasteiger partial charge on any atom is 0.411 e. The molecule has 3 N–H and O–H groups in total. The first-order valence-corrected chi connectivity index (χ1v) is 18.0. The van der Waals surface area contributed by atoms with Crippen LogP contribution in [-0.2, 0) is 14.3 Å². The van der Waals surface area contributed by atoms with E-state index in [1.54, 1.807) is 18.2 Å². The predicted molar refractivity (Wildman–Crippen MR) is 198 cm³/mol. The van der Waals surface area contributed by atoms with Crippen LogP contribution in [-0.4, -0.2) is 75.2 Å². The normalized spacial score (nSPS) is 13.2. The number of carbonyl (C=O) groups excluding carboxylic acids is 3. The molecule has 0 heterocycles. The third-order valence-electron chi connectivity index (χ3n) is 8.69. The number of aryl methyl sites for hydroxylation is 1. The quantitative estimate of drug-likeness (QED) is 0.0862. The van der Waals surface area contributed by atoms with E-state index < -0.39 is 17.8 Å². The van der Waals surface area contributed by atoms with Gasteiger partial charge in [0.05, 0.1) is 36.4 Å². The molecule has 0 radical (unpaired) electrons. The molecular formula is C39H56N4O6. The molecule has 0 atom stereocenters. The Kier molecular flexibility index (Phi) is 17.6. The highest BCUT2D eigenvalue weighted by atomic mass is 16.5. The summed E-state index contributed by atoms with van der Waals surface area (Å²) < 4.78 is 10.6. The SMILES string of the molecule is CCCCCCCCCCCCOCCCNC(=O)C1=C/C(=N\c2ccc(N(CC)CCO)cc2C)c2c(NC(=O)OC)cccc2C1=O. The van der Waals surface area contributed by atoms with Crippen LogP contribution in [0.4, 0.5) is 21.9 Å². The van der Waals surface area contributed by atoms with E-state index in [1.807, 2.05) is 32.0 Å². The van der Waals surface area contributed by atoms with Gasteiger partial charge in [-0.25, -0.2) is 9.79 Å². The van der Waals surface area contributed by atoms with Crippen molar-refractivity contribution in [2.24, 2.45) is 4.99 Å². The second kappa shape index (κ2) is 21.8. The number of rotatable bonds is 22. The van der Waals surface area contributed by atoms with Crippen LogP contribution in [0.15, 0.2) is 53.0 Å². The molecule has 268 valence electrons. The number of ketones is 1. The Bertz CT molecular complexity index is 1440. The van der Waals surface area contributed by atoms with Crippen LogP contribution in [0.5, 0.6) is 0 Å². The van der Waals surface area contributed by atoms with Gasteiger partial charge < -0.3 is 24.8 Å². The minimum Gasteiger partial charge on any atom is -0.453 e. The van der Waals surface area contributed by atoms with Crippen molar-refractivity contribution in [1.82, 2.24) is 5.32 Å². The number of hydrogen-bond acceptors (Lipinski definition) is 8. The lowest BCUT2D eigenvalue weighted by molar-refractivity contribution is -0.117. The van der Waals surface area contributed by atoms with E-state index in [2.05, 4.69) is 22.5 Å². The summed E-state index contributed by atoms with van der Waals surface area (Å²) in [4.78, 5) is 46.1. The molecule has 1 aliphatic carbocycles. The van der Waals surface area contributed by atoms with Gasteiger partial charge >= 0.3 is 6.09 Å². The molecule has 10 heteroatoms. The molecule has 10 nitrogen and oxygen atoms in total. The number of nitrogens with zero attached hydrogens (tertiary/aromatic N) is 2. The van der Waals surface area contributed by atoms with Crippen molar-refractivity contribution in [3.05, 3.63) is 64.7 Å².